The maximum atomic E-state index is 12.1. The zero-order valence-electron chi connectivity index (χ0n) is 12.6. The Balaban J connectivity index is 2.54. The molecule has 21 heavy (non-hydrogen) atoms. The maximum Gasteiger partial charge on any atom is 0.240 e. The van der Waals surface area contributed by atoms with E-state index in [-0.39, 0.29) is 11.5 Å². The van der Waals surface area contributed by atoms with E-state index in [1.54, 1.807) is 12.1 Å². The Morgan fingerprint density at radius 3 is 2.52 bits per heavy atom. The summed E-state index contributed by atoms with van der Waals surface area (Å²) < 4.78 is 32.1. The Hall–Kier alpha value is -1.15. The van der Waals surface area contributed by atoms with Crippen molar-refractivity contribution in [3.8, 4) is 5.75 Å². The van der Waals surface area contributed by atoms with Crippen molar-refractivity contribution in [2.75, 3.05) is 39.9 Å². The Morgan fingerprint density at radius 2 is 1.95 bits per heavy atom. The number of aliphatic hydroxyl groups is 1. The van der Waals surface area contributed by atoms with E-state index in [1.165, 1.54) is 12.1 Å². The van der Waals surface area contributed by atoms with Crippen molar-refractivity contribution in [3.63, 3.8) is 0 Å². The topological polar surface area (TPSA) is 78.9 Å². The summed E-state index contributed by atoms with van der Waals surface area (Å²) in [6.45, 7) is 4.41. The summed E-state index contributed by atoms with van der Waals surface area (Å²) >= 11 is 0. The van der Waals surface area contributed by atoms with Crippen LogP contribution in [-0.4, -0.2) is 58.3 Å². The summed E-state index contributed by atoms with van der Waals surface area (Å²) in [5, 5.41) is 8.66. The average molecular weight is 316 g/mol. The van der Waals surface area contributed by atoms with Gasteiger partial charge < -0.3 is 14.7 Å². The standard InChI is InChI=1S/C14H24N2O4S/c1-3-16(2)10-9-15-21(18,19)14-7-5-13(6-8-14)20-12-4-11-17/h5-8,15,17H,3-4,9-12H2,1-2H3. The molecule has 0 amide bonds. The van der Waals surface area contributed by atoms with Gasteiger partial charge in [-0.25, -0.2) is 13.1 Å². The van der Waals surface area contributed by atoms with Gasteiger partial charge in [0.2, 0.25) is 10.0 Å². The molecule has 0 saturated heterocycles. The van der Waals surface area contributed by atoms with Gasteiger partial charge in [-0.2, -0.15) is 0 Å². The van der Waals surface area contributed by atoms with Gasteiger partial charge in [0.1, 0.15) is 5.75 Å². The second kappa shape index (κ2) is 8.99. The summed E-state index contributed by atoms with van der Waals surface area (Å²) in [5.41, 5.74) is 0. The number of likely N-dealkylation sites (N-methyl/N-ethyl adjacent to an activating group) is 1. The lowest BCUT2D eigenvalue weighted by molar-refractivity contribution is 0.233. The van der Waals surface area contributed by atoms with Crippen LogP contribution in [0.25, 0.3) is 0 Å². The minimum absolute atomic E-state index is 0.0720. The Labute approximate surface area is 126 Å². The van der Waals surface area contributed by atoms with E-state index >= 15 is 0 Å². The van der Waals surface area contributed by atoms with Gasteiger partial charge in [-0.15, -0.1) is 0 Å². The van der Waals surface area contributed by atoms with Crippen molar-refractivity contribution in [3.05, 3.63) is 24.3 Å². The fourth-order valence-electron chi connectivity index (χ4n) is 1.58. The van der Waals surface area contributed by atoms with Gasteiger partial charge >= 0.3 is 0 Å². The number of ether oxygens (including phenoxy) is 1. The zero-order valence-corrected chi connectivity index (χ0v) is 13.4. The van der Waals surface area contributed by atoms with E-state index in [0.29, 0.717) is 31.9 Å². The second-order valence-electron chi connectivity index (χ2n) is 4.69. The summed E-state index contributed by atoms with van der Waals surface area (Å²) in [6.07, 6.45) is 0.548. The molecule has 0 bridgehead atoms. The van der Waals surface area contributed by atoms with Gasteiger partial charge in [0.05, 0.1) is 11.5 Å². The number of benzene rings is 1. The Kier molecular flexibility index (Phi) is 7.66. The summed E-state index contributed by atoms with van der Waals surface area (Å²) in [7, 11) is -1.54. The van der Waals surface area contributed by atoms with E-state index in [4.69, 9.17) is 9.84 Å². The number of hydrogen-bond donors (Lipinski definition) is 2. The molecule has 0 radical (unpaired) electrons. The van der Waals surface area contributed by atoms with Crippen LogP contribution in [0.2, 0.25) is 0 Å². The summed E-state index contributed by atoms with van der Waals surface area (Å²) in [4.78, 5) is 2.25. The van der Waals surface area contributed by atoms with E-state index in [9.17, 15) is 8.42 Å². The predicted octanol–water partition coefficient (Wildman–Crippen LogP) is 0.678. The molecule has 6 nitrogen and oxygen atoms in total. The fraction of sp³-hybridized carbons (Fsp3) is 0.571. The van der Waals surface area contributed by atoms with Crippen molar-refractivity contribution in [2.45, 2.75) is 18.2 Å². The molecule has 7 heteroatoms. The van der Waals surface area contributed by atoms with Gasteiger partial charge in [0, 0.05) is 26.1 Å². The first kappa shape index (κ1) is 17.9. The van der Waals surface area contributed by atoms with Crippen molar-refractivity contribution in [2.24, 2.45) is 0 Å². The number of aliphatic hydroxyl groups excluding tert-OH is 1. The third-order valence-corrected chi connectivity index (χ3v) is 4.51. The highest BCUT2D eigenvalue weighted by molar-refractivity contribution is 7.89. The number of hydrogen-bond acceptors (Lipinski definition) is 5. The zero-order chi connectivity index (χ0) is 15.7. The molecule has 2 N–H and O–H groups in total. The largest absolute Gasteiger partial charge is 0.494 e. The molecule has 0 aliphatic carbocycles. The van der Waals surface area contributed by atoms with Crippen LogP contribution in [0.5, 0.6) is 5.75 Å². The van der Waals surface area contributed by atoms with Gasteiger partial charge in [-0.1, -0.05) is 6.92 Å². The number of nitrogens with zero attached hydrogens (tertiary/aromatic N) is 1. The smallest absolute Gasteiger partial charge is 0.240 e. The molecular weight excluding hydrogens is 292 g/mol. The first-order valence-corrected chi connectivity index (χ1v) is 8.50. The molecule has 0 atom stereocenters. The van der Waals surface area contributed by atoms with Gasteiger partial charge in [-0.3, -0.25) is 0 Å². The molecule has 0 heterocycles. The number of rotatable bonds is 10. The molecule has 1 aromatic carbocycles. The minimum Gasteiger partial charge on any atom is -0.494 e. The SMILES string of the molecule is CCN(C)CCNS(=O)(=O)c1ccc(OCCCO)cc1. The van der Waals surface area contributed by atoms with Crippen molar-refractivity contribution in [1.29, 1.82) is 0 Å². The van der Waals surface area contributed by atoms with Crippen LogP contribution in [0.4, 0.5) is 0 Å². The molecule has 0 spiro atoms. The predicted molar refractivity (Wildman–Crippen MR) is 82.0 cm³/mol. The van der Waals surface area contributed by atoms with E-state index in [2.05, 4.69) is 4.72 Å². The third-order valence-electron chi connectivity index (χ3n) is 3.03. The average Bonchev–Trinajstić information content (AvgIpc) is 2.47. The molecule has 0 aliphatic rings. The van der Waals surface area contributed by atoms with Crippen molar-refractivity contribution in [1.82, 2.24) is 9.62 Å². The lowest BCUT2D eigenvalue weighted by Gasteiger charge is -2.14. The minimum atomic E-state index is -3.48. The van der Waals surface area contributed by atoms with E-state index in [1.807, 2.05) is 18.9 Å². The highest BCUT2D eigenvalue weighted by atomic mass is 32.2. The van der Waals surface area contributed by atoms with E-state index in [0.717, 1.165) is 6.54 Å². The van der Waals surface area contributed by atoms with Crippen molar-refractivity contribution < 1.29 is 18.3 Å². The van der Waals surface area contributed by atoms with Crippen LogP contribution in [0.15, 0.2) is 29.2 Å². The highest BCUT2D eigenvalue weighted by Crippen LogP contribution is 2.15. The van der Waals surface area contributed by atoms with Crippen LogP contribution >= 0.6 is 0 Å². The molecule has 1 aromatic rings. The molecule has 0 fully saturated rings. The molecule has 120 valence electrons. The molecule has 0 unspecified atom stereocenters. The van der Waals surface area contributed by atoms with Crippen LogP contribution in [0, 0.1) is 0 Å². The van der Waals surface area contributed by atoms with Crippen LogP contribution in [0.1, 0.15) is 13.3 Å². The molecule has 0 aliphatic heterocycles. The quantitative estimate of drug-likeness (QED) is 0.621. The van der Waals surface area contributed by atoms with Gasteiger partial charge in [0.25, 0.3) is 0 Å². The third kappa shape index (κ3) is 6.43. The van der Waals surface area contributed by atoms with Gasteiger partial charge in [0.15, 0.2) is 0 Å². The maximum absolute atomic E-state index is 12.1. The number of sulfonamides is 1. The monoisotopic (exact) mass is 316 g/mol. The first-order valence-electron chi connectivity index (χ1n) is 7.01. The fourth-order valence-corrected chi connectivity index (χ4v) is 2.60. The normalized spacial score (nSPS) is 11.8. The Morgan fingerprint density at radius 1 is 1.29 bits per heavy atom. The lowest BCUT2D eigenvalue weighted by atomic mass is 10.3. The molecule has 1 rings (SSSR count). The van der Waals surface area contributed by atoms with Crippen LogP contribution in [0.3, 0.4) is 0 Å². The summed E-state index contributed by atoms with van der Waals surface area (Å²) in [5.74, 6) is 0.591. The Bertz CT molecular complexity index is 502. The molecule has 0 aromatic heterocycles. The van der Waals surface area contributed by atoms with Crippen LogP contribution in [-0.2, 0) is 10.0 Å². The molecule has 0 saturated carbocycles. The van der Waals surface area contributed by atoms with Crippen molar-refractivity contribution >= 4 is 10.0 Å². The highest BCUT2D eigenvalue weighted by Gasteiger charge is 2.13. The second-order valence-corrected chi connectivity index (χ2v) is 6.46. The number of nitrogens with one attached hydrogen (secondary N) is 1. The van der Waals surface area contributed by atoms with Crippen LogP contribution < -0.4 is 9.46 Å². The lowest BCUT2D eigenvalue weighted by Crippen LogP contribution is -2.32. The van der Waals surface area contributed by atoms with E-state index < -0.39 is 10.0 Å². The van der Waals surface area contributed by atoms with Gasteiger partial charge in [-0.05, 0) is 37.9 Å². The molecular formula is C14H24N2O4S. The first-order chi connectivity index (χ1) is 9.99. The summed E-state index contributed by atoms with van der Waals surface area (Å²) in [6, 6.07) is 6.26.